The number of rotatable bonds is 4. The number of carbonyl (C=O) groups excluding carboxylic acids is 2. The van der Waals surface area contributed by atoms with Gasteiger partial charge in [-0.1, -0.05) is 25.1 Å². The van der Waals surface area contributed by atoms with Crippen molar-refractivity contribution in [1.82, 2.24) is 9.80 Å². The number of anilines is 1. The molecule has 8 heteroatoms. The van der Waals surface area contributed by atoms with Gasteiger partial charge in [-0.2, -0.15) is 0 Å². The van der Waals surface area contributed by atoms with E-state index in [-0.39, 0.29) is 35.7 Å². The Hall–Kier alpha value is -2.97. The lowest BCUT2D eigenvalue weighted by atomic mass is 10.0. The molecule has 1 aliphatic heterocycles. The van der Waals surface area contributed by atoms with E-state index in [2.05, 4.69) is 17.1 Å². The molecule has 0 aromatic heterocycles. The van der Waals surface area contributed by atoms with Crippen LogP contribution >= 0.6 is 0 Å². The maximum absolute atomic E-state index is 14.4. The number of benzene rings is 2. The fourth-order valence-corrected chi connectivity index (χ4v) is 4.20. The first-order valence-electron chi connectivity index (χ1n) is 11.5. The molecule has 2 amide bonds. The SMILES string of the molecule is CO[C@H]1CN(C)C(=O)c2cc(NC(C)=O)ccc2OC[C@H](C)N(Cc2ccccc2F)C[C@@H]1C. The Kier molecular flexibility index (Phi) is 8.63. The number of amides is 2. The molecule has 0 unspecified atom stereocenters. The maximum atomic E-state index is 14.4. The van der Waals surface area contributed by atoms with Crippen molar-refractivity contribution in [2.24, 2.45) is 5.92 Å². The summed E-state index contributed by atoms with van der Waals surface area (Å²) >= 11 is 0. The number of nitrogens with zero attached hydrogens (tertiary/aromatic N) is 2. The molecule has 0 bridgehead atoms. The summed E-state index contributed by atoms with van der Waals surface area (Å²) in [6.45, 7) is 7.28. The van der Waals surface area contributed by atoms with Crippen LogP contribution in [-0.2, 0) is 16.1 Å². The highest BCUT2D eigenvalue weighted by molar-refractivity contribution is 5.99. The van der Waals surface area contributed by atoms with Crippen LogP contribution in [0.2, 0.25) is 0 Å². The number of hydrogen-bond acceptors (Lipinski definition) is 5. The van der Waals surface area contributed by atoms with Gasteiger partial charge in [0.1, 0.15) is 18.2 Å². The number of carbonyl (C=O) groups is 2. The summed E-state index contributed by atoms with van der Waals surface area (Å²) in [6.07, 6.45) is -0.216. The van der Waals surface area contributed by atoms with Crippen LogP contribution in [-0.4, -0.2) is 67.6 Å². The van der Waals surface area contributed by atoms with E-state index in [1.165, 1.54) is 13.0 Å². The highest BCUT2D eigenvalue weighted by atomic mass is 19.1. The molecule has 0 saturated carbocycles. The molecule has 1 heterocycles. The quantitative estimate of drug-likeness (QED) is 0.735. The van der Waals surface area contributed by atoms with Gasteiger partial charge in [0.15, 0.2) is 0 Å². The standard InChI is InChI=1S/C26H34FN3O4/c1-17-13-30(14-20-8-6-7-9-23(20)27)18(2)16-34-24-11-10-21(28-19(3)31)12-22(24)26(32)29(4)15-25(17)33-5/h6-12,17-18,25H,13-16H2,1-5H3,(H,28,31)/t17-,18-,25-/m0/s1. The zero-order valence-electron chi connectivity index (χ0n) is 20.5. The van der Waals surface area contributed by atoms with Crippen LogP contribution in [0.25, 0.3) is 0 Å². The molecule has 1 N–H and O–H groups in total. The molecule has 7 nitrogen and oxygen atoms in total. The number of nitrogens with one attached hydrogen (secondary N) is 1. The van der Waals surface area contributed by atoms with Crippen LogP contribution < -0.4 is 10.1 Å². The number of ether oxygens (including phenoxy) is 2. The molecule has 0 aliphatic carbocycles. The third kappa shape index (κ3) is 6.33. The summed E-state index contributed by atoms with van der Waals surface area (Å²) in [5.41, 5.74) is 1.51. The molecular weight excluding hydrogens is 437 g/mol. The summed E-state index contributed by atoms with van der Waals surface area (Å²) in [5.74, 6) is -0.169. The zero-order chi connectivity index (χ0) is 24.8. The van der Waals surface area contributed by atoms with Crippen LogP contribution in [0, 0.1) is 11.7 Å². The molecule has 0 spiro atoms. The van der Waals surface area contributed by atoms with Gasteiger partial charge in [0, 0.05) is 58.0 Å². The lowest BCUT2D eigenvalue weighted by Crippen LogP contribution is -2.46. The second-order valence-corrected chi connectivity index (χ2v) is 9.01. The summed E-state index contributed by atoms with van der Waals surface area (Å²) in [5, 5.41) is 2.72. The Morgan fingerprint density at radius 2 is 1.94 bits per heavy atom. The minimum atomic E-state index is -0.237. The summed E-state index contributed by atoms with van der Waals surface area (Å²) in [6, 6.07) is 11.8. The van der Waals surface area contributed by atoms with E-state index in [4.69, 9.17) is 9.47 Å². The Balaban J connectivity index is 1.95. The number of likely N-dealkylation sites (N-methyl/N-ethyl adjacent to an activating group) is 1. The van der Waals surface area contributed by atoms with Crippen molar-refractivity contribution in [3.8, 4) is 5.75 Å². The molecule has 0 saturated heterocycles. The van der Waals surface area contributed by atoms with Gasteiger partial charge in [0.2, 0.25) is 5.91 Å². The van der Waals surface area contributed by atoms with Crippen LogP contribution in [0.3, 0.4) is 0 Å². The minimum Gasteiger partial charge on any atom is -0.491 e. The van der Waals surface area contributed by atoms with Crippen molar-refractivity contribution in [1.29, 1.82) is 0 Å². The van der Waals surface area contributed by atoms with Crippen molar-refractivity contribution < 1.29 is 23.5 Å². The third-order valence-corrected chi connectivity index (χ3v) is 6.23. The molecule has 2 aromatic rings. The molecule has 2 aromatic carbocycles. The highest BCUT2D eigenvalue weighted by Gasteiger charge is 2.28. The highest BCUT2D eigenvalue weighted by Crippen LogP contribution is 2.27. The smallest absolute Gasteiger partial charge is 0.257 e. The Bertz CT molecular complexity index is 1020. The Labute approximate surface area is 200 Å². The average Bonchev–Trinajstić information content (AvgIpc) is 2.80. The lowest BCUT2D eigenvalue weighted by Gasteiger charge is -2.36. The van der Waals surface area contributed by atoms with Gasteiger partial charge in [-0.15, -0.1) is 0 Å². The van der Waals surface area contributed by atoms with Gasteiger partial charge < -0.3 is 19.7 Å². The maximum Gasteiger partial charge on any atom is 0.257 e. The molecule has 3 rings (SSSR count). The molecular formula is C26H34FN3O4. The molecule has 1 aliphatic rings. The predicted octanol–water partition coefficient (Wildman–Crippen LogP) is 3.79. The minimum absolute atomic E-state index is 0.0605. The predicted molar refractivity (Wildman–Crippen MR) is 129 cm³/mol. The van der Waals surface area contributed by atoms with Crippen LogP contribution in [0.5, 0.6) is 5.75 Å². The number of halogens is 1. The van der Waals surface area contributed by atoms with Crippen LogP contribution in [0.15, 0.2) is 42.5 Å². The fraction of sp³-hybridized carbons (Fsp3) is 0.462. The molecule has 184 valence electrons. The van der Waals surface area contributed by atoms with E-state index in [1.807, 2.05) is 13.0 Å². The van der Waals surface area contributed by atoms with E-state index in [9.17, 15) is 14.0 Å². The normalized spacial score (nSPS) is 22.2. The van der Waals surface area contributed by atoms with E-state index in [0.29, 0.717) is 48.8 Å². The number of methoxy groups -OCH3 is 1. The van der Waals surface area contributed by atoms with E-state index < -0.39 is 0 Å². The molecule has 3 atom stereocenters. The van der Waals surface area contributed by atoms with E-state index in [0.717, 1.165) is 0 Å². The second kappa shape index (κ2) is 11.4. The van der Waals surface area contributed by atoms with Crippen LogP contribution in [0.4, 0.5) is 10.1 Å². The van der Waals surface area contributed by atoms with Gasteiger partial charge >= 0.3 is 0 Å². The van der Waals surface area contributed by atoms with Gasteiger partial charge in [0.25, 0.3) is 5.91 Å². The van der Waals surface area contributed by atoms with Gasteiger partial charge in [-0.3, -0.25) is 14.5 Å². The number of fused-ring (bicyclic) bond motifs is 1. The van der Waals surface area contributed by atoms with Crippen LogP contribution in [0.1, 0.15) is 36.7 Å². The van der Waals surface area contributed by atoms with Crippen molar-refractivity contribution >= 4 is 17.5 Å². The molecule has 0 radical (unpaired) electrons. The first-order valence-corrected chi connectivity index (χ1v) is 11.5. The summed E-state index contributed by atoms with van der Waals surface area (Å²) in [7, 11) is 3.36. The van der Waals surface area contributed by atoms with Gasteiger partial charge in [0.05, 0.1) is 11.7 Å². The first-order chi connectivity index (χ1) is 16.2. The van der Waals surface area contributed by atoms with Crippen molar-refractivity contribution in [2.45, 2.75) is 39.5 Å². The monoisotopic (exact) mass is 471 g/mol. The molecule has 0 fully saturated rings. The fourth-order valence-electron chi connectivity index (χ4n) is 4.20. The van der Waals surface area contributed by atoms with E-state index in [1.54, 1.807) is 49.4 Å². The first kappa shape index (κ1) is 25.6. The second-order valence-electron chi connectivity index (χ2n) is 9.01. The Morgan fingerprint density at radius 3 is 2.62 bits per heavy atom. The topological polar surface area (TPSA) is 71.1 Å². The lowest BCUT2D eigenvalue weighted by molar-refractivity contribution is -0.114. The number of hydrogen-bond donors (Lipinski definition) is 1. The van der Waals surface area contributed by atoms with Crippen molar-refractivity contribution in [3.05, 3.63) is 59.4 Å². The van der Waals surface area contributed by atoms with Gasteiger partial charge in [-0.25, -0.2) is 4.39 Å². The summed E-state index contributed by atoms with van der Waals surface area (Å²) < 4.78 is 26.3. The van der Waals surface area contributed by atoms with Crippen molar-refractivity contribution in [3.63, 3.8) is 0 Å². The average molecular weight is 472 g/mol. The summed E-state index contributed by atoms with van der Waals surface area (Å²) in [4.78, 5) is 28.6. The largest absolute Gasteiger partial charge is 0.491 e. The zero-order valence-corrected chi connectivity index (χ0v) is 20.5. The van der Waals surface area contributed by atoms with Gasteiger partial charge in [-0.05, 0) is 37.1 Å². The van der Waals surface area contributed by atoms with Crippen molar-refractivity contribution in [2.75, 3.05) is 39.2 Å². The Morgan fingerprint density at radius 1 is 1.21 bits per heavy atom. The molecule has 34 heavy (non-hydrogen) atoms. The third-order valence-electron chi connectivity index (χ3n) is 6.23. The van der Waals surface area contributed by atoms with E-state index >= 15 is 0 Å².